The SMILES string of the molecule is CCOC(=O)c1[nH]cc(-c2ccc(Cl)cc2)c1-c1cccc(I)c1. The molecule has 1 N–H and O–H groups in total. The van der Waals surface area contributed by atoms with Crippen LogP contribution >= 0.6 is 34.2 Å². The van der Waals surface area contributed by atoms with Crippen LogP contribution in [0.3, 0.4) is 0 Å². The van der Waals surface area contributed by atoms with E-state index in [4.69, 9.17) is 16.3 Å². The van der Waals surface area contributed by atoms with E-state index < -0.39 is 0 Å². The first-order valence-corrected chi connectivity index (χ1v) is 8.96. The van der Waals surface area contributed by atoms with Crippen molar-refractivity contribution >= 4 is 40.2 Å². The highest BCUT2D eigenvalue weighted by molar-refractivity contribution is 14.1. The minimum absolute atomic E-state index is 0.333. The Morgan fingerprint density at radius 2 is 1.92 bits per heavy atom. The first-order valence-electron chi connectivity index (χ1n) is 7.50. The second-order valence-electron chi connectivity index (χ2n) is 5.19. The molecule has 3 aromatic rings. The third kappa shape index (κ3) is 3.49. The van der Waals surface area contributed by atoms with Gasteiger partial charge in [-0.15, -0.1) is 0 Å². The van der Waals surface area contributed by atoms with Crippen molar-refractivity contribution in [3.05, 3.63) is 69.0 Å². The molecule has 0 fully saturated rings. The van der Waals surface area contributed by atoms with Crippen LogP contribution in [0.15, 0.2) is 54.7 Å². The molecule has 1 heterocycles. The van der Waals surface area contributed by atoms with Gasteiger partial charge in [-0.1, -0.05) is 35.9 Å². The summed E-state index contributed by atoms with van der Waals surface area (Å²) in [6, 6.07) is 15.6. The minimum Gasteiger partial charge on any atom is -0.461 e. The van der Waals surface area contributed by atoms with E-state index >= 15 is 0 Å². The van der Waals surface area contributed by atoms with E-state index in [-0.39, 0.29) is 5.97 Å². The highest BCUT2D eigenvalue weighted by atomic mass is 127. The summed E-state index contributed by atoms with van der Waals surface area (Å²) in [4.78, 5) is 15.4. The lowest BCUT2D eigenvalue weighted by molar-refractivity contribution is 0.0521. The number of carbonyl (C=O) groups is 1. The van der Waals surface area contributed by atoms with Gasteiger partial charge in [-0.05, 0) is 64.9 Å². The molecule has 0 aliphatic heterocycles. The lowest BCUT2D eigenvalue weighted by atomic mass is 9.97. The third-order valence-electron chi connectivity index (χ3n) is 3.63. The summed E-state index contributed by atoms with van der Waals surface area (Å²) in [5.41, 5.74) is 4.20. The lowest BCUT2D eigenvalue weighted by Crippen LogP contribution is -2.06. The second kappa shape index (κ2) is 7.40. The molecule has 0 atom stereocenters. The number of hydrogen-bond acceptors (Lipinski definition) is 2. The number of H-pyrrole nitrogens is 1. The predicted molar refractivity (Wildman–Crippen MR) is 105 cm³/mol. The number of hydrogen-bond donors (Lipinski definition) is 1. The Morgan fingerprint density at radius 1 is 1.17 bits per heavy atom. The van der Waals surface area contributed by atoms with Crippen molar-refractivity contribution in [3.63, 3.8) is 0 Å². The largest absolute Gasteiger partial charge is 0.461 e. The molecule has 0 amide bonds. The van der Waals surface area contributed by atoms with Crippen LogP contribution in [-0.4, -0.2) is 17.6 Å². The molecule has 0 aliphatic rings. The van der Waals surface area contributed by atoms with E-state index in [1.807, 2.05) is 54.7 Å². The normalized spacial score (nSPS) is 10.6. The number of aromatic amines is 1. The van der Waals surface area contributed by atoms with Gasteiger partial charge >= 0.3 is 5.97 Å². The molecule has 1 aromatic heterocycles. The predicted octanol–water partition coefficient (Wildman–Crippen LogP) is 5.78. The summed E-state index contributed by atoms with van der Waals surface area (Å²) in [6.07, 6.45) is 1.84. The van der Waals surface area contributed by atoms with Gasteiger partial charge in [-0.25, -0.2) is 4.79 Å². The van der Waals surface area contributed by atoms with Crippen LogP contribution in [0, 0.1) is 3.57 Å². The number of carbonyl (C=O) groups excluding carboxylic acids is 1. The standard InChI is InChI=1S/C19H15ClINO2/c1-2-24-19(23)18-17(13-4-3-5-15(21)10-13)16(11-22-18)12-6-8-14(20)9-7-12/h3-11,22H,2H2,1H3. The summed E-state index contributed by atoms with van der Waals surface area (Å²) in [5.74, 6) is -0.355. The highest BCUT2D eigenvalue weighted by Crippen LogP contribution is 2.36. The van der Waals surface area contributed by atoms with Gasteiger partial charge in [-0.3, -0.25) is 0 Å². The number of aromatic nitrogens is 1. The Balaban J connectivity index is 2.19. The molecular weight excluding hydrogens is 437 g/mol. The van der Waals surface area contributed by atoms with Crippen molar-refractivity contribution in [1.82, 2.24) is 4.98 Å². The molecule has 0 saturated heterocycles. The summed E-state index contributed by atoms with van der Waals surface area (Å²) in [7, 11) is 0. The zero-order valence-corrected chi connectivity index (χ0v) is 15.9. The minimum atomic E-state index is -0.355. The maximum atomic E-state index is 12.3. The van der Waals surface area contributed by atoms with Crippen LogP contribution in [0.25, 0.3) is 22.3 Å². The Labute approximate surface area is 159 Å². The van der Waals surface area contributed by atoms with Crippen LogP contribution in [0.1, 0.15) is 17.4 Å². The topological polar surface area (TPSA) is 42.1 Å². The number of benzene rings is 2. The average molecular weight is 452 g/mol. The Kier molecular flexibility index (Phi) is 5.26. The smallest absolute Gasteiger partial charge is 0.355 e. The van der Waals surface area contributed by atoms with Crippen molar-refractivity contribution in [3.8, 4) is 22.3 Å². The quantitative estimate of drug-likeness (QED) is 0.403. The van der Waals surface area contributed by atoms with Crippen LogP contribution in [0.5, 0.6) is 0 Å². The molecule has 0 radical (unpaired) electrons. The van der Waals surface area contributed by atoms with Gasteiger partial charge in [0.2, 0.25) is 0 Å². The first-order chi connectivity index (χ1) is 11.6. The molecule has 0 aliphatic carbocycles. The van der Waals surface area contributed by atoms with E-state index in [2.05, 4.69) is 27.6 Å². The van der Waals surface area contributed by atoms with Gasteiger partial charge in [0.1, 0.15) is 5.69 Å². The van der Waals surface area contributed by atoms with Crippen LogP contribution in [0.4, 0.5) is 0 Å². The van der Waals surface area contributed by atoms with E-state index in [0.717, 1.165) is 25.8 Å². The molecule has 2 aromatic carbocycles. The van der Waals surface area contributed by atoms with Crippen molar-refractivity contribution in [2.75, 3.05) is 6.61 Å². The number of halogens is 2. The van der Waals surface area contributed by atoms with Crippen molar-refractivity contribution in [2.45, 2.75) is 6.92 Å². The monoisotopic (exact) mass is 451 g/mol. The van der Waals surface area contributed by atoms with Gasteiger partial charge in [-0.2, -0.15) is 0 Å². The fourth-order valence-electron chi connectivity index (χ4n) is 2.59. The van der Waals surface area contributed by atoms with E-state index in [1.165, 1.54) is 0 Å². The molecular formula is C19H15ClINO2. The zero-order valence-electron chi connectivity index (χ0n) is 13.0. The maximum Gasteiger partial charge on any atom is 0.355 e. The van der Waals surface area contributed by atoms with E-state index in [9.17, 15) is 4.79 Å². The van der Waals surface area contributed by atoms with Gasteiger partial charge < -0.3 is 9.72 Å². The van der Waals surface area contributed by atoms with Crippen LogP contribution in [-0.2, 0) is 4.74 Å². The van der Waals surface area contributed by atoms with Crippen molar-refractivity contribution < 1.29 is 9.53 Å². The summed E-state index contributed by atoms with van der Waals surface area (Å²) in [6.45, 7) is 2.13. The van der Waals surface area contributed by atoms with Crippen molar-refractivity contribution in [1.29, 1.82) is 0 Å². The number of nitrogens with one attached hydrogen (secondary N) is 1. The Bertz CT molecular complexity index is 871. The molecule has 24 heavy (non-hydrogen) atoms. The van der Waals surface area contributed by atoms with Crippen LogP contribution < -0.4 is 0 Å². The fraction of sp³-hybridized carbons (Fsp3) is 0.105. The van der Waals surface area contributed by atoms with E-state index in [1.54, 1.807) is 6.92 Å². The molecule has 122 valence electrons. The Hall–Kier alpha value is -1.79. The molecule has 0 bridgehead atoms. The molecule has 3 nitrogen and oxygen atoms in total. The number of esters is 1. The summed E-state index contributed by atoms with van der Waals surface area (Å²) >= 11 is 8.25. The lowest BCUT2D eigenvalue weighted by Gasteiger charge is -2.09. The highest BCUT2D eigenvalue weighted by Gasteiger charge is 2.21. The zero-order chi connectivity index (χ0) is 17.1. The molecule has 3 rings (SSSR count). The third-order valence-corrected chi connectivity index (χ3v) is 4.55. The molecule has 0 saturated carbocycles. The summed E-state index contributed by atoms with van der Waals surface area (Å²) < 4.78 is 6.30. The molecule has 0 unspecified atom stereocenters. The number of ether oxygens (including phenoxy) is 1. The van der Waals surface area contributed by atoms with Gasteiger partial charge in [0.25, 0.3) is 0 Å². The first kappa shape index (κ1) is 17.0. The van der Waals surface area contributed by atoms with Crippen molar-refractivity contribution in [2.24, 2.45) is 0 Å². The summed E-state index contributed by atoms with van der Waals surface area (Å²) in [5, 5.41) is 0.677. The number of rotatable bonds is 4. The van der Waals surface area contributed by atoms with Gasteiger partial charge in [0.05, 0.1) is 6.61 Å². The van der Waals surface area contributed by atoms with Crippen LogP contribution in [0.2, 0.25) is 5.02 Å². The van der Waals surface area contributed by atoms with Gasteiger partial charge in [0.15, 0.2) is 0 Å². The van der Waals surface area contributed by atoms with Gasteiger partial charge in [0, 0.05) is 25.9 Å². The average Bonchev–Trinajstić information content (AvgIpc) is 3.01. The maximum absolute atomic E-state index is 12.3. The molecule has 0 spiro atoms. The van der Waals surface area contributed by atoms with E-state index in [0.29, 0.717) is 17.3 Å². The Morgan fingerprint density at radius 3 is 2.58 bits per heavy atom. The second-order valence-corrected chi connectivity index (χ2v) is 6.87. The fourth-order valence-corrected chi connectivity index (χ4v) is 3.26. The molecule has 5 heteroatoms.